The molecule has 3 heterocycles. The molecule has 0 saturated carbocycles. The lowest BCUT2D eigenvalue weighted by molar-refractivity contribution is -0.139. The molecule has 1 aliphatic heterocycles. The van der Waals surface area contributed by atoms with Crippen LogP contribution in [0.15, 0.2) is 74.2 Å². The Morgan fingerprint density at radius 1 is 1.29 bits per heavy atom. The molecule has 0 spiro atoms. The van der Waals surface area contributed by atoms with Crippen LogP contribution < -0.4 is 19.6 Å². The van der Waals surface area contributed by atoms with E-state index >= 15 is 0 Å². The van der Waals surface area contributed by atoms with Gasteiger partial charge >= 0.3 is 5.97 Å². The molecule has 38 heavy (non-hydrogen) atoms. The van der Waals surface area contributed by atoms with Crippen LogP contribution in [0, 0.1) is 11.3 Å². The number of allylic oxidation sites excluding steroid dienone is 1. The third kappa shape index (κ3) is 4.38. The molecule has 4 aromatic rings. The zero-order valence-corrected chi connectivity index (χ0v) is 23.3. The molecule has 0 aliphatic carbocycles. The molecular formula is C28H23BrN4O4S. The van der Waals surface area contributed by atoms with Crippen molar-refractivity contribution in [2.24, 2.45) is 4.99 Å². The fourth-order valence-electron chi connectivity index (χ4n) is 4.70. The van der Waals surface area contributed by atoms with Crippen LogP contribution in [0.1, 0.15) is 31.0 Å². The molecule has 1 atom stereocenters. The molecule has 0 radical (unpaired) electrons. The second-order valence-corrected chi connectivity index (χ2v) is 10.4. The van der Waals surface area contributed by atoms with E-state index in [0.29, 0.717) is 36.4 Å². The summed E-state index contributed by atoms with van der Waals surface area (Å²) in [5.74, 6) is 0.118. The number of para-hydroxylation sites is 1. The summed E-state index contributed by atoms with van der Waals surface area (Å²) in [6.45, 7) is 3.89. The molecule has 0 N–H and O–H groups in total. The van der Waals surface area contributed by atoms with E-state index in [4.69, 9.17) is 9.47 Å². The van der Waals surface area contributed by atoms with Crippen molar-refractivity contribution in [3.63, 3.8) is 0 Å². The maximum atomic E-state index is 13.9. The number of hydrogen-bond acceptors (Lipinski definition) is 7. The van der Waals surface area contributed by atoms with E-state index < -0.39 is 12.0 Å². The standard InChI is InChI=1S/C28H23BrN4O4S/c1-4-37-27(35)24-16(2)31-28-33(25(24)17-9-10-22(36-3)20(29)13-17)26(34)23(38-28)14-18-15-32(12-11-30)21-8-6-5-7-19(18)21/h5-10,13-15,25H,4,12H2,1-3H3/b23-14+/t25-/m1/s1. The number of thiazole rings is 1. The van der Waals surface area contributed by atoms with Crippen LogP contribution in [0.3, 0.4) is 0 Å². The second-order valence-electron chi connectivity index (χ2n) is 8.58. The highest BCUT2D eigenvalue weighted by Crippen LogP contribution is 2.35. The zero-order valence-electron chi connectivity index (χ0n) is 20.9. The molecule has 0 bridgehead atoms. The molecule has 0 saturated heterocycles. The van der Waals surface area contributed by atoms with E-state index in [2.05, 4.69) is 27.0 Å². The number of benzene rings is 2. The van der Waals surface area contributed by atoms with E-state index in [0.717, 1.165) is 16.5 Å². The first kappa shape index (κ1) is 25.7. The van der Waals surface area contributed by atoms with Crippen molar-refractivity contribution in [2.45, 2.75) is 26.4 Å². The van der Waals surface area contributed by atoms with Gasteiger partial charge in [-0.25, -0.2) is 9.79 Å². The average molecular weight is 591 g/mol. The van der Waals surface area contributed by atoms with E-state index in [1.807, 2.05) is 53.2 Å². The zero-order chi connectivity index (χ0) is 27.0. The molecule has 0 unspecified atom stereocenters. The summed E-state index contributed by atoms with van der Waals surface area (Å²) in [7, 11) is 1.57. The molecule has 0 amide bonds. The van der Waals surface area contributed by atoms with Gasteiger partial charge in [-0.15, -0.1) is 0 Å². The number of rotatable bonds is 6. The minimum absolute atomic E-state index is 0.198. The summed E-state index contributed by atoms with van der Waals surface area (Å²) in [5, 5.41) is 10.2. The highest BCUT2D eigenvalue weighted by Gasteiger charge is 2.33. The van der Waals surface area contributed by atoms with Crippen molar-refractivity contribution in [1.82, 2.24) is 9.13 Å². The highest BCUT2D eigenvalue weighted by molar-refractivity contribution is 9.10. The lowest BCUT2D eigenvalue weighted by Crippen LogP contribution is -2.39. The van der Waals surface area contributed by atoms with Crippen LogP contribution in [0.4, 0.5) is 0 Å². The number of fused-ring (bicyclic) bond motifs is 2. The molecule has 0 fully saturated rings. The monoisotopic (exact) mass is 590 g/mol. The van der Waals surface area contributed by atoms with Gasteiger partial charge in [-0.3, -0.25) is 9.36 Å². The number of nitrogens with zero attached hydrogens (tertiary/aromatic N) is 4. The van der Waals surface area contributed by atoms with Gasteiger partial charge in [0.15, 0.2) is 4.80 Å². The predicted molar refractivity (Wildman–Crippen MR) is 149 cm³/mol. The van der Waals surface area contributed by atoms with Crippen LogP contribution in [-0.4, -0.2) is 28.8 Å². The number of esters is 1. The van der Waals surface area contributed by atoms with Crippen molar-refractivity contribution in [3.8, 4) is 11.8 Å². The topological polar surface area (TPSA) is 98.6 Å². The van der Waals surface area contributed by atoms with Crippen LogP contribution in [0.25, 0.3) is 17.0 Å². The lowest BCUT2D eigenvalue weighted by Gasteiger charge is -2.25. The fraction of sp³-hybridized carbons (Fsp3) is 0.214. The maximum Gasteiger partial charge on any atom is 0.338 e. The lowest BCUT2D eigenvalue weighted by atomic mass is 9.96. The van der Waals surface area contributed by atoms with E-state index in [9.17, 15) is 14.9 Å². The molecular weight excluding hydrogens is 568 g/mol. The molecule has 1 aliphatic rings. The molecule has 2 aromatic carbocycles. The van der Waals surface area contributed by atoms with Crippen molar-refractivity contribution in [1.29, 1.82) is 5.26 Å². The number of aromatic nitrogens is 2. The Labute approximate surface area is 230 Å². The molecule has 10 heteroatoms. The Morgan fingerprint density at radius 3 is 2.79 bits per heavy atom. The third-order valence-electron chi connectivity index (χ3n) is 6.36. The molecule has 2 aromatic heterocycles. The van der Waals surface area contributed by atoms with Gasteiger partial charge in [0.1, 0.15) is 12.3 Å². The number of carbonyl (C=O) groups is 1. The minimum atomic E-state index is -0.727. The van der Waals surface area contributed by atoms with Crippen molar-refractivity contribution >= 4 is 50.2 Å². The second kappa shape index (κ2) is 10.4. The quantitative estimate of drug-likeness (QED) is 0.315. The summed E-state index contributed by atoms with van der Waals surface area (Å²) in [6.07, 6.45) is 3.70. The first-order valence-corrected chi connectivity index (χ1v) is 13.5. The van der Waals surface area contributed by atoms with E-state index in [1.54, 1.807) is 31.6 Å². The van der Waals surface area contributed by atoms with E-state index in [-0.39, 0.29) is 18.7 Å². The number of carbonyl (C=O) groups excluding carboxylic acids is 1. The van der Waals surface area contributed by atoms with Gasteiger partial charge in [0.2, 0.25) is 0 Å². The smallest absolute Gasteiger partial charge is 0.338 e. The minimum Gasteiger partial charge on any atom is -0.496 e. The predicted octanol–water partition coefficient (Wildman–Crippen LogP) is 4.05. The summed E-state index contributed by atoms with van der Waals surface area (Å²) in [6, 6.07) is 14.7. The Balaban J connectivity index is 1.75. The van der Waals surface area contributed by atoms with Gasteiger partial charge < -0.3 is 14.0 Å². The number of methoxy groups -OCH3 is 1. The highest BCUT2D eigenvalue weighted by atomic mass is 79.9. The molecule has 5 rings (SSSR count). The summed E-state index contributed by atoms with van der Waals surface area (Å²) in [4.78, 5) is 32.2. The molecule has 8 nitrogen and oxygen atoms in total. The van der Waals surface area contributed by atoms with Crippen molar-refractivity contribution in [2.75, 3.05) is 13.7 Å². The van der Waals surface area contributed by atoms with Gasteiger partial charge in [-0.05, 0) is 59.6 Å². The average Bonchev–Trinajstić information content (AvgIpc) is 3.40. The number of ether oxygens (including phenoxy) is 2. The maximum absolute atomic E-state index is 13.9. The van der Waals surface area contributed by atoms with Gasteiger partial charge in [-0.2, -0.15) is 5.26 Å². The van der Waals surface area contributed by atoms with E-state index in [1.165, 1.54) is 11.3 Å². The first-order valence-electron chi connectivity index (χ1n) is 11.9. The summed E-state index contributed by atoms with van der Waals surface area (Å²) in [5.41, 5.74) is 3.00. The van der Waals surface area contributed by atoms with Gasteiger partial charge in [-0.1, -0.05) is 35.6 Å². The molecule has 192 valence electrons. The summed E-state index contributed by atoms with van der Waals surface area (Å²) >= 11 is 4.79. The first-order chi connectivity index (χ1) is 18.4. The van der Waals surface area contributed by atoms with Crippen LogP contribution in [0.2, 0.25) is 0 Å². The van der Waals surface area contributed by atoms with Crippen LogP contribution in [0.5, 0.6) is 5.75 Å². The Morgan fingerprint density at radius 2 is 2.08 bits per heavy atom. The largest absolute Gasteiger partial charge is 0.496 e. The van der Waals surface area contributed by atoms with Gasteiger partial charge in [0.05, 0.1) is 46.1 Å². The third-order valence-corrected chi connectivity index (χ3v) is 7.96. The van der Waals surface area contributed by atoms with Crippen molar-refractivity contribution in [3.05, 3.63) is 95.2 Å². The normalized spacial score (nSPS) is 15.2. The summed E-state index contributed by atoms with van der Waals surface area (Å²) < 4.78 is 15.3. The fourth-order valence-corrected chi connectivity index (χ4v) is 6.29. The van der Waals surface area contributed by atoms with Crippen LogP contribution in [-0.2, 0) is 16.1 Å². The van der Waals surface area contributed by atoms with Crippen molar-refractivity contribution < 1.29 is 14.3 Å². The number of halogens is 1. The van der Waals surface area contributed by atoms with Gasteiger partial charge in [0, 0.05) is 22.7 Å². The Bertz CT molecular complexity index is 1840. The Hall–Kier alpha value is -3.94. The van der Waals surface area contributed by atoms with Gasteiger partial charge in [0.25, 0.3) is 5.56 Å². The Kier molecular flexibility index (Phi) is 7.06. The number of hydrogen-bond donors (Lipinski definition) is 0. The number of nitriles is 1. The van der Waals surface area contributed by atoms with Crippen LogP contribution >= 0.6 is 27.3 Å². The SMILES string of the molecule is CCOC(=O)C1=C(C)N=c2s/c(=C/c3cn(CC#N)c4ccccc34)c(=O)n2[C@@H]1c1ccc(OC)c(Br)c1.